The summed E-state index contributed by atoms with van der Waals surface area (Å²) in [6.07, 6.45) is 0. The molecule has 0 N–H and O–H groups in total. The Morgan fingerprint density at radius 2 is 2.11 bits per heavy atom. The lowest BCUT2D eigenvalue weighted by Crippen LogP contribution is -2.34. The van der Waals surface area contributed by atoms with Crippen molar-refractivity contribution < 1.29 is 18.7 Å². The summed E-state index contributed by atoms with van der Waals surface area (Å²) in [5, 5.41) is -0.218. The van der Waals surface area contributed by atoms with E-state index in [1.807, 2.05) is 0 Å². The summed E-state index contributed by atoms with van der Waals surface area (Å²) in [5.74, 6) is -1.97. The van der Waals surface area contributed by atoms with Crippen molar-refractivity contribution in [3.8, 4) is 0 Å². The predicted molar refractivity (Wildman–Crippen MR) is 69.6 cm³/mol. The van der Waals surface area contributed by atoms with E-state index in [1.165, 1.54) is 37.3 Å². The molecule has 1 rings (SSSR count). The third-order valence-corrected chi connectivity index (χ3v) is 3.06. The molecule has 19 heavy (non-hydrogen) atoms. The lowest BCUT2D eigenvalue weighted by Gasteiger charge is -2.20. The monoisotopic (exact) mass is 287 g/mol. The van der Waals surface area contributed by atoms with Gasteiger partial charge in [0.2, 0.25) is 0 Å². The molecule has 6 heteroatoms. The van der Waals surface area contributed by atoms with Crippen LogP contribution in [0.4, 0.5) is 4.39 Å². The first-order valence-electron chi connectivity index (χ1n) is 5.65. The maximum absolute atomic E-state index is 13.3. The van der Waals surface area contributed by atoms with Crippen LogP contribution in [0.1, 0.15) is 17.3 Å². The van der Waals surface area contributed by atoms with Crippen molar-refractivity contribution in [1.29, 1.82) is 0 Å². The molecular formula is C13H15ClFNO3. The quantitative estimate of drug-likeness (QED) is 0.799. The average molecular weight is 288 g/mol. The summed E-state index contributed by atoms with van der Waals surface area (Å²) < 4.78 is 17.8. The summed E-state index contributed by atoms with van der Waals surface area (Å²) in [7, 11) is 2.80. The normalized spacial score (nSPS) is 11.8. The molecule has 1 amide bonds. The summed E-state index contributed by atoms with van der Waals surface area (Å²) in [6.45, 7) is 1.81. The predicted octanol–water partition coefficient (Wildman–Crippen LogP) is 2.36. The van der Waals surface area contributed by atoms with E-state index in [9.17, 15) is 14.0 Å². The standard InChI is InChI=1S/C13H15ClFNO3/c1-8(13(18)19-3)7-16(2)12(17)9-5-4-6-10(15)11(9)14/h4-6,8H,7H2,1-3H3. The van der Waals surface area contributed by atoms with Gasteiger partial charge < -0.3 is 9.64 Å². The van der Waals surface area contributed by atoms with Gasteiger partial charge in [-0.15, -0.1) is 0 Å². The molecule has 0 spiro atoms. The number of carbonyl (C=O) groups excluding carboxylic acids is 2. The molecule has 0 aliphatic rings. The first-order valence-corrected chi connectivity index (χ1v) is 6.03. The molecule has 0 heterocycles. The molecule has 0 aliphatic heterocycles. The number of esters is 1. The molecule has 0 fully saturated rings. The zero-order valence-electron chi connectivity index (χ0n) is 10.9. The third kappa shape index (κ3) is 3.67. The molecule has 1 aromatic carbocycles. The Balaban J connectivity index is 2.83. The van der Waals surface area contributed by atoms with Crippen LogP contribution < -0.4 is 0 Å². The van der Waals surface area contributed by atoms with Crippen LogP contribution in [-0.4, -0.2) is 37.5 Å². The summed E-state index contributed by atoms with van der Waals surface area (Å²) >= 11 is 5.74. The Bertz CT molecular complexity index is 493. The van der Waals surface area contributed by atoms with Gasteiger partial charge in [0.1, 0.15) is 5.82 Å². The van der Waals surface area contributed by atoms with Gasteiger partial charge >= 0.3 is 5.97 Å². The van der Waals surface area contributed by atoms with E-state index >= 15 is 0 Å². The van der Waals surface area contributed by atoms with Crippen LogP contribution in [0.25, 0.3) is 0 Å². The number of hydrogen-bond donors (Lipinski definition) is 0. The van der Waals surface area contributed by atoms with Gasteiger partial charge in [0, 0.05) is 13.6 Å². The summed E-state index contributed by atoms with van der Waals surface area (Å²) in [6, 6.07) is 4.02. The molecular weight excluding hydrogens is 273 g/mol. The van der Waals surface area contributed by atoms with Crippen molar-refractivity contribution >= 4 is 23.5 Å². The van der Waals surface area contributed by atoms with Gasteiger partial charge in [0.05, 0.1) is 23.6 Å². The highest BCUT2D eigenvalue weighted by Crippen LogP contribution is 2.21. The van der Waals surface area contributed by atoms with Crippen molar-refractivity contribution in [2.24, 2.45) is 5.92 Å². The number of benzene rings is 1. The highest BCUT2D eigenvalue weighted by Gasteiger charge is 2.21. The lowest BCUT2D eigenvalue weighted by molar-refractivity contribution is -0.145. The second kappa shape index (κ2) is 6.52. The van der Waals surface area contributed by atoms with Crippen LogP contribution in [0.3, 0.4) is 0 Å². The lowest BCUT2D eigenvalue weighted by atomic mass is 10.1. The number of halogens is 2. The first-order chi connectivity index (χ1) is 8.88. The minimum atomic E-state index is -0.651. The maximum Gasteiger partial charge on any atom is 0.310 e. The van der Waals surface area contributed by atoms with Crippen LogP contribution in [0.5, 0.6) is 0 Å². The fourth-order valence-electron chi connectivity index (χ4n) is 1.64. The van der Waals surface area contributed by atoms with Gasteiger partial charge in [-0.25, -0.2) is 4.39 Å². The van der Waals surface area contributed by atoms with Crippen LogP contribution in [0.2, 0.25) is 5.02 Å². The van der Waals surface area contributed by atoms with Gasteiger partial charge in [-0.05, 0) is 12.1 Å². The Labute approximate surface area is 116 Å². The number of hydrogen-bond acceptors (Lipinski definition) is 3. The van der Waals surface area contributed by atoms with E-state index in [4.69, 9.17) is 11.6 Å². The summed E-state index contributed by atoms with van der Waals surface area (Å²) in [5.41, 5.74) is 0.0706. The Morgan fingerprint density at radius 3 is 2.68 bits per heavy atom. The zero-order valence-corrected chi connectivity index (χ0v) is 11.7. The summed E-state index contributed by atoms with van der Waals surface area (Å²) in [4.78, 5) is 24.7. The molecule has 1 unspecified atom stereocenters. The number of methoxy groups -OCH3 is 1. The molecule has 0 saturated carbocycles. The second-order valence-corrected chi connectivity index (χ2v) is 4.59. The molecule has 0 aromatic heterocycles. The highest BCUT2D eigenvalue weighted by molar-refractivity contribution is 6.34. The van der Waals surface area contributed by atoms with Crippen LogP contribution in [0, 0.1) is 11.7 Å². The number of rotatable bonds is 4. The fraction of sp³-hybridized carbons (Fsp3) is 0.385. The van der Waals surface area contributed by atoms with Crippen molar-refractivity contribution in [3.05, 3.63) is 34.6 Å². The van der Waals surface area contributed by atoms with E-state index in [2.05, 4.69) is 4.74 Å². The molecule has 1 atom stereocenters. The average Bonchev–Trinajstić information content (AvgIpc) is 2.39. The van der Waals surface area contributed by atoms with E-state index in [0.29, 0.717) is 0 Å². The van der Waals surface area contributed by atoms with Gasteiger partial charge in [-0.2, -0.15) is 0 Å². The minimum absolute atomic E-state index is 0.0706. The van der Waals surface area contributed by atoms with Crippen molar-refractivity contribution in [2.75, 3.05) is 20.7 Å². The molecule has 104 valence electrons. The Morgan fingerprint density at radius 1 is 1.47 bits per heavy atom. The fourth-order valence-corrected chi connectivity index (χ4v) is 1.85. The van der Waals surface area contributed by atoms with Crippen LogP contribution >= 0.6 is 11.6 Å². The highest BCUT2D eigenvalue weighted by atomic mass is 35.5. The number of carbonyl (C=O) groups is 2. The van der Waals surface area contributed by atoms with E-state index in [0.717, 1.165) is 0 Å². The van der Waals surface area contributed by atoms with Crippen molar-refractivity contribution in [3.63, 3.8) is 0 Å². The number of nitrogens with zero attached hydrogens (tertiary/aromatic N) is 1. The Hall–Kier alpha value is -1.62. The van der Waals surface area contributed by atoms with Gasteiger partial charge in [0.15, 0.2) is 0 Å². The molecule has 1 aromatic rings. The first kappa shape index (κ1) is 15.4. The number of ether oxygens (including phenoxy) is 1. The third-order valence-electron chi connectivity index (χ3n) is 2.68. The van der Waals surface area contributed by atoms with Gasteiger partial charge in [-0.3, -0.25) is 9.59 Å². The largest absolute Gasteiger partial charge is 0.469 e. The van der Waals surface area contributed by atoms with Gasteiger partial charge in [0.25, 0.3) is 5.91 Å². The molecule has 0 radical (unpaired) electrons. The second-order valence-electron chi connectivity index (χ2n) is 4.21. The maximum atomic E-state index is 13.3. The van der Waals surface area contributed by atoms with E-state index in [1.54, 1.807) is 6.92 Å². The minimum Gasteiger partial charge on any atom is -0.469 e. The van der Waals surface area contributed by atoms with E-state index in [-0.39, 0.29) is 17.1 Å². The number of amides is 1. The van der Waals surface area contributed by atoms with Crippen LogP contribution in [-0.2, 0) is 9.53 Å². The zero-order chi connectivity index (χ0) is 14.6. The van der Waals surface area contributed by atoms with Crippen molar-refractivity contribution in [2.45, 2.75) is 6.92 Å². The SMILES string of the molecule is COC(=O)C(C)CN(C)C(=O)c1cccc(F)c1Cl. The van der Waals surface area contributed by atoms with Gasteiger partial charge in [-0.1, -0.05) is 24.6 Å². The molecule has 0 bridgehead atoms. The molecule has 0 aliphatic carbocycles. The topological polar surface area (TPSA) is 46.6 Å². The smallest absolute Gasteiger partial charge is 0.310 e. The van der Waals surface area contributed by atoms with Crippen molar-refractivity contribution in [1.82, 2.24) is 4.90 Å². The molecule has 4 nitrogen and oxygen atoms in total. The van der Waals surface area contributed by atoms with Crippen LogP contribution in [0.15, 0.2) is 18.2 Å². The van der Waals surface area contributed by atoms with E-state index < -0.39 is 23.6 Å². The molecule has 0 saturated heterocycles. The Kier molecular flexibility index (Phi) is 5.30.